The quantitative estimate of drug-likeness (QED) is 0.589. The Balaban J connectivity index is 2.43. The molecular formula is C10H18N4S. The third kappa shape index (κ3) is 4.99. The number of hydrogen-bond acceptors (Lipinski definition) is 5. The molecule has 1 aromatic rings. The zero-order valence-corrected chi connectivity index (χ0v) is 10.3. The number of rotatable bonds is 6. The van der Waals surface area contributed by atoms with Gasteiger partial charge in [-0.25, -0.2) is 9.97 Å². The van der Waals surface area contributed by atoms with E-state index in [-0.39, 0.29) is 0 Å². The molecule has 0 aliphatic heterocycles. The highest BCUT2D eigenvalue weighted by Crippen LogP contribution is 2.16. The van der Waals surface area contributed by atoms with E-state index in [1.165, 1.54) is 0 Å². The van der Waals surface area contributed by atoms with E-state index in [0.29, 0.717) is 0 Å². The Labute approximate surface area is 95.5 Å². The van der Waals surface area contributed by atoms with E-state index in [9.17, 15) is 0 Å². The van der Waals surface area contributed by atoms with Crippen LogP contribution < -0.4 is 5.32 Å². The zero-order chi connectivity index (χ0) is 11.1. The lowest BCUT2D eigenvalue weighted by Crippen LogP contribution is -2.14. The van der Waals surface area contributed by atoms with Crippen molar-refractivity contribution in [2.75, 3.05) is 38.3 Å². The second-order valence-electron chi connectivity index (χ2n) is 3.42. The predicted molar refractivity (Wildman–Crippen MR) is 65.5 cm³/mol. The van der Waals surface area contributed by atoms with E-state index in [4.69, 9.17) is 0 Å². The fourth-order valence-corrected chi connectivity index (χ4v) is 2.01. The molecule has 0 aromatic carbocycles. The number of hydrogen-bond donors (Lipinski definition) is 1. The fourth-order valence-electron chi connectivity index (χ4n) is 1.03. The van der Waals surface area contributed by atoms with Crippen LogP contribution >= 0.6 is 11.8 Å². The maximum atomic E-state index is 4.21. The van der Waals surface area contributed by atoms with Crippen molar-refractivity contribution in [3.05, 3.63) is 12.4 Å². The summed E-state index contributed by atoms with van der Waals surface area (Å²) in [5.74, 6) is 1.95. The van der Waals surface area contributed by atoms with Crippen LogP contribution in [0.2, 0.25) is 0 Å². The van der Waals surface area contributed by atoms with Crippen molar-refractivity contribution in [1.82, 2.24) is 14.9 Å². The van der Waals surface area contributed by atoms with E-state index in [0.717, 1.165) is 29.7 Å². The molecule has 15 heavy (non-hydrogen) atoms. The first kappa shape index (κ1) is 12.3. The van der Waals surface area contributed by atoms with Gasteiger partial charge in [-0.2, -0.15) is 0 Å². The summed E-state index contributed by atoms with van der Waals surface area (Å²) < 4.78 is 0. The van der Waals surface area contributed by atoms with E-state index < -0.39 is 0 Å². The largest absolute Gasteiger partial charge is 0.370 e. The minimum Gasteiger partial charge on any atom is -0.370 e. The maximum absolute atomic E-state index is 4.21. The predicted octanol–water partition coefficient (Wildman–Crippen LogP) is 1.56. The monoisotopic (exact) mass is 226 g/mol. The van der Waals surface area contributed by atoms with Crippen LogP contribution in [-0.2, 0) is 0 Å². The van der Waals surface area contributed by atoms with Gasteiger partial charge in [0.1, 0.15) is 17.2 Å². The Bertz CT molecular complexity index is 291. The summed E-state index contributed by atoms with van der Waals surface area (Å²) >= 11 is 1.76. The van der Waals surface area contributed by atoms with Gasteiger partial charge in [0.15, 0.2) is 0 Å². The van der Waals surface area contributed by atoms with Crippen LogP contribution in [0.15, 0.2) is 17.4 Å². The Morgan fingerprint density at radius 3 is 2.87 bits per heavy atom. The van der Waals surface area contributed by atoms with Crippen molar-refractivity contribution in [3.8, 4) is 0 Å². The normalized spacial score (nSPS) is 10.7. The van der Waals surface area contributed by atoms with Gasteiger partial charge in [0.05, 0.1) is 0 Å². The molecule has 84 valence electrons. The van der Waals surface area contributed by atoms with Gasteiger partial charge in [-0.15, -0.1) is 11.8 Å². The molecule has 1 heterocycles. The third-order valence-electron chi connectivity index (χ3n) is 1.79. The molecule has 4 nitrogen and oxygen atoms in total. The summed E-state index contributed by atoms with van der Waals surface area (Å²) in [5.41, 5.74) is 0. The van der Waals surface area contributed by atoms with Crippen molar-refractivity contribution in [2.24, 2.45) is 0 Å². The summed E-state index contributed by atoms with van der Waals surface area (Å²) in [5, 5.41) is 4.20. The Hall–Kier alpha value is -0.810. The number of nitrogens with zero attached hydrogens (tertiary/aromatic N) is 3. The Kier molecular flexibility index (Phi) is 5.42. The molecule has 0 atom stereocenters. The highest BCUT2D eigenvalue weighted by molar-refractivity contribution is 7.99. The Morgan fingerprint density at radius 1 is 1.40 bits per heavy atom. The number of thioether (sulfide) groups is 1. The molecule has 0 bridgehead atoms. The van der Waals surface area contributed by atoms with E-state index in [1.54, 1.807) is 18.1 Å². The maximum Gasteiger partial charge on any atom is 0.130 e. The van der Waals surface area contributed by atoms with E-state index in [2.05, 4.69) is 41.2 Å². The van der Waals surface area contributed by atoms with Gasteiger partial charge in [-0.3, -0.25) is 0 Å². The molecule has 5 heteroatoms. The van der Waals surface area contributed by atoms with Gasteiger partial charge in [0.25, 0.3) is 0 Å². The second-order valence-corrected chi connectivity index (χ2v) is 4.54. The van der Waals surface area contributed by atoms with Crippen LogP contribution in [0.3, 0.4) is 0 Å². The van der Waals surface area contributed by atoms with Crippen molar-refractivity contribution < 1.29 is 0 Å². The molecule has 0 radical (unpaired) electrons. The van der Waals surface area contributed by atoms with Gasteiger partial charge >= 0.3 is 0 Å². The highest BCUT2D eigenvalue weighted by atomic mass is 32.2. The minimum absolute atomic E-state index is 0.888. The molecule has 1 rings (SSSR count). The highest BCUT2D eigenvalue weighted by Gasteiger charge is 1.99. The number of nitrogens with one attached hydrogen (secondary N) is 1. The van der Waals surface area contributed by atoms with Crippen LogP contribution in [0.1, 0.15) is 6.92 Å². The van der Waals surface area contributed by atoms with Crippen molar-refractivity contribution in [2.45, 2.75) is 11.9 Å². The molecule has 0 unspecified atom stereocenters. The molecule has 0 saturated carbocycles. The average Bonchev–Trinajstić information content (AvgIpc) is 2.18. The molecule has 1 N–H and O–H groups in total. The lowest BCUT2D eigenvalue weighted by molar-refractivity contribution is 0.437. The second kappa shape index (κ2) is 6.63. The van der Waals surface area contributed by atoms with Crippen LogP contribution in [0.25, 0.3) is 0 Å². The van der Waals surface area contributed by atoms with Crippen LogP contribution in [-0.4, -0.2) is 47.8 Å². The van der Waals surface area contributed by atoms with Crippen LogP contribution in [0, 0.1) is 0 Å². The first-order valence-electron chi connectivity index (χ1n) is 5.06. The number of aromatic nitrogens is 2. The van der Waals surface area contributed by atoms with Gasteiger partial charge in [0.2, 0.25) is 0 Å². The van der Waals surface area contributed by atoms with Crippen molar-refractivity contribution >= 4 is 17.6 Å². The van der Waals surface area contributed by atoms with E-state index >= 15 is 0 Å². The third-order valence-corrected chi connectivity index (χ3v) is 2.69. The van der Waals surface area contributed by atoms with Crippen molar-refractivity contribution in [1.29, 1.82) is 0 Å². The molecule has 0 amide bonds. The molecule has 0 fully saturated rings. The molecule has 1 aromatic heterocycles. The molecule has 0 aliphatic carbocycles. The zero-order valence-electron chi connectivity index (χ0n) is 9.53. The minimum atomic E-state index is 0.888. The smallest absolute Gasteiger partial charge is 0.130 e. The lowest BCUT2D eigenvalue weighted by Gasteiger charge is -2.08. The summed E-state index contributed by atoms with van der Waals surface area (Å²) in [6, 6.07) is 1.99. The molecular weight excluding hydrogens is 208 g/mol. The molecule has 0 aliphatic rings. The summed E-state index contributed by atoms with van der Waals surface area (Å²) in [7, 11) is 4.15. The van der Waals surface area contributed by atoms with Gasteiger partial charge < -0.3 is 10.2 Å². The van der Waals surface area contributed by atoms with E-state index in [1.807, 2.05) is 6.07 Å². The van der Waals surface area contributed by atoms with Gasteiger partial charge in [-0.05, 0) is 21.0 Å². The SMILES string of the molecule is CCNc1cc(SCCN(C)C)ncn1. The summed E-state index contributed by atoms with van der Waals surface area (Å²) in [6.45, 7) is 4.00. The van der Waals surface area contributed by atoms with Gasteiger partial charge in [-0.1, -0.05) is 0 Å². The van der Waals surface area contributed by atoms with Gasteiger partial charge in [0, 0.05) is 24.9 Å². The summed E-state index contributed by atoms with van der Waals surface area (Å²) in [4.78, 5) is 10.5. The average molecular weight is 226 g/mol. The first-order valence-corrected chi connectivity index (χ1v) is 6.04. The summed E-state index contributed by atoms with van der Waals surface area (Å²) in [6.07, 6.45) is 1.61. The van der Waals surface area contributed by atoms with Crippen molar-refractivity contribution in [3.63, 3.8) is 0 Å². The molecule has 0 saturated heterocycles. The lowest BCUT2D eigenvalue weighted by atomic mass is 10.5. The standard InChI is InChI=1S/C10H18N4S/c1-4-11-9-7-10(13-8-12-9)15-6-5-14(2)3/h7-8H,4-6H2,1-3H3,(H,11,12,13). The molecule has 0 spiro atoms. The first-order chi connectivity index (χ1) is 7.22. The topological polar surface area (TPSA) is 41.0 Å². The number of anilines is 1. The van der Waals surface area contributed by atoms with Crippen LogP contribution in [0.4, 0.5) is 5.82 Å². The Morgan fingerprint density at radius 2 is 2.20 bits per heavy atom. The fraction of sp³-hybridized carbons (Fsp3) is 0.600. The van der Waals surface area contributed by atoms with Crippen LogP contribution in [0.5, 0.6) is 0 Å².